The lowest BCUT2D eigenvalue weighted by Crippen LogP contribution is -2.51. The minimum absolute atomic E-state index is 0.365. The van der Waals surface area contributed by atoms with Crippen LogP contribution < -0.4 is 5.32 Å². The van der Waals surface area contributed by atoms with Gasteiger partial charge < -0.3 is 10.2 Å². The van der Waals surface area contributed by atoms with Gasteiger partial charge in [0, 0.05) is 25.7 Å². The van der Waals surface area contributed by atoms with E-state index in [4.69, 9.17) is 0 Å². The van der Waals surface area contributed by atoms with Crippen LogP contribution in [-0.4, -0.2) is 37.1 Å². The molecule has 21 heavy (non-hydrogen) atoms. The monoisotopic (exact) mass is 288 g/mol. The lowest BCUT2D eigenvalue weighted by molar-refractivity contribution is 0.140. The summed E-state index contributed by atoms with van der Waals surface area (Å²) in [6.07, 6.45) is 2.52. The fraction of sp³-hybridized carbons (Fsp3) is 0.684. The summed E-state index contributed by atoms with van der Waals surface area (Å²) < 4.78 is 0. The van der Waals surface area contributed by atoms with Crippen LogP contribution in [0.5, 0.6) is 0 Å². The van der Waals surface area contributed by atoms with Gasteiger partial charge in [-0.25, -0.2) is 0 Å². The molecular formula is C19H32N2. The van der Waals surface area contributed by atoms with E-state index < -0.39 is 0 Å². The van der Waals surface area contributed by atoms with Crippen LogP contribution in [0.1, 0.15) is 39.7 Å². The van der Waals surface area contributed by atoms with Gasteiger partial charge in [-0.15, -0.1) is 0 Å². The highest BCUT2D eigenvalue weighted by molar-refractivity contribution is 5.15. The quantitative estimate of drug-likeness (QED) is 0.891. The number of piperidine rings is 1. The van der Waals surface area contributed by atoms with Crippen molar-refractivity contribution in [2.45, 2.75) is 46.6 Å². The highest BCUT2D eigenvalue weighted by Crippen LogP contribution is 2.22. The van der Waals surface area contributed by atoms with Crippen LogP contribution in [0.2, 0.25) is 0 Å². The van der Waals surface area contributed by atoms with Gasteiger partial charge in [0.25, 0.3) is 0 Å². The van der Waals surface area contributed by atoms with Gasteiger partial charge in [0.05, 0.1) is 0 Å². The maximum absolute atomic E-state index is 3.80. The molecule has 2 heteroatoms. The Kier molecular flexibility index (Phi) is 5.83. The van der Waals surface area contributed by atoms with Gasteiger partial charge in [0.1, 0.15) is 0 Å². The Morgan fingerprint density at radius 2 is 1.86 bits per heavy atom. The minimum atomic E-state index is 0.365. The third-order valence-electron chi connectivity index (χ3n) is 4.35. The molecule has 2 rings (SSSR count). The lowest BCUT2D eigenvalue weighted by Gasteiger charge is -2.39. The molecule has 0 aliphatic carbocycles. The van der Waals surface area contributed by atoms with Gasteiger partial charge >= 0.3 is 0 Å². The van der Waals surface area contributed by atoms with E-state index in [0.29, 0.717) is 11.5 Å². The van der Waals surface area contributed by atoms with E-state index in [1.54, 1.807) is 0 Å². The standard InChI is InChI=1S/C19H32N2/c1-5-21-13-17(11-16-9-7-6-8-10-16)12-18(14-21)20-15-19(2,3)4/h6-10,17-18,20H,5,11-15H2,1-4H3. The first-order valence-corrected chi connectivity index (χ1v) is 8.46. The van der Waals surface area contributed by atoms with Crippen LogP contribution in [0.3, 0.4) is 0 Å². The van der Waals surface area contributed by atoms with Gasteiger partial charge in [-0.05, 0) is 36.3 Å². The Morgan fingerprint density at radius 3 is 2.48 bits per heavy atom. The summed E-state index contributed by atoms with van der Waals surface area (Å²) in [5, 5.41) is 3.80. The number of rotatable bonds is 5. The zero-order valence-electron chi connectivity index (χ0n) is 14.2. The summed E-state index contributed by atoms with van der Waals surface area (Å²) in [4.78, 5) is 2.61. The molecule has 2 nitrogen and oxygen atoms in total. The van der Waals surface area contributed by atoms with E-state index in [1.165, 1.54) is 38.0 Å². The average molecular weight is 288 g/mol. The minimum Gasteiger partial charge on any atom is -0.312 e. The topological polar surface area (TPSA) is 15.3 Å². The number of nitrogens with one attached hydrogen (secondary N) is 1. The van der Waals surface area contributed by atoms with E-state index >= 15 is 0 Å². The van der Waals surface area contributed by atoms with Crippen LogP contribution >= 0.6 is 0 Å². The smallest absolute Gasteiger partial charge is 0.0198 e. The fourth-order valence-corrected chi connectivity index (χ4v) is 3.25. The average Bonchev–Trinajstić information content (AvgIpc) is 2.45. The molecule has 1 saturated heterocycles. The molecule has 1 fully saturated rings. The van der Waals surface area contributed by atoms with Crippen LogP contribution in [0.15, 0.2) is 30.3 Å². The van der Waals surface area contributed by atoms with Gasteiger partial charge in [-0.2, -0.15) is 0 Å². The third-order valence-corrected chi connectivity index (χ3v) is 4.35. The van der Waals surface area contributed by atoms with Gasteiger partial charge in [0.15, 0.2) is 0 Å². The third kappa shape index (κ3) is 5.80. The first-order chi connectivity index (χ1) is 9.96. The van der Waals surface area contributed by atoms with Gasteiger partial charge in [-0.1, -0.05) is 58.0 Å². The van der Waals surface area contributed by atoms with Crippen molar-refractivity contribution in [1.29, 1.82) is 0 Å². The SMILES string of the molecule is CCN1CC(Cc2ccccc2)CC(NCC(C)(C)C)C1. The zero-order valence-corrected chi connectivity index (χ0v) is 14.2. The van der Waals surface area contributed by atoms with E-state index in [0.717, 1.165) is 12.5 Å². The Hall–Kier alpha value is -0.860. The van der Waals surface area contributed by atoms with E-state index in [2.05, 4.69) is 68.2 Å². The second-order valence-corrected chi connectivity index (χ2v) is 7.78. The molecule has 1 aliphatic rings. The Bertz CT molecular complexity index is 407. The van der Waals surface area contributed by atoms with Crippen LogP contribution in [0.25, 0.3) is 0 Å². The normalized spacial score (nSPS) is 24.2. The number of likely N-dealkylation sites (N-methyl/N-ethyl adjacent to an activating group) is 1. The number of hydrogen-bond acceptors (Lipinski definition) is 2. The van der Waals surface area contributed by atoms with Gasteiger partial charge in [0.2, 0.25) is 0 Å². The molecule has 1 aromatic carbocycles. The molecule has 0 aromatic heterocycles. The summed E-state index contributed by atoms with van der Waals surface area (Å²) in [5.74, 6) is 0.776. The molecule has 1 aromatic rings. The largest absolute Gasteiger partial charge is 0.312 e. The van der Waals surface area contributed by atoms with Gasteiger partial charge in [-0.3, -0.25) is 0 Å². The number of hydrogen-bond donors (Lipinski definition) is 1. The summed E-state index contributed by atoms with van der Waals surface area (Å²) in [7, 11) is 0. The highest BCUT2D eigenvalue weighted by Gasteiger charge is 2.27. The summed E-state index contributed by atoms with van der Waals surface area (Å²) in [5.41, 5.74) is 1.85. The molecule has 0 amide bonds. The molecule has 0 saturated carbocycles. The number of likely N-dealkylation sites (tertiary alicyclic amines) is 1. The first-order valence-electron chi connectivity index (χ1n) is 8.46. The van der Waals surface area contributed by atoms with Crippen LogP contribution in [0.4, 0.5) is 0 Å². The highest BCUT2D eigenvalue weighted by atomic mass is 15.2. The number of benzene rings is 1. The van der Waals surface area contributed by atoms with Crippen molar-refractivity contribution in [2.75, 3.05) is 26.2 Å². The zero-order chi connectivity index (χ0) is 15.3. The molecule has 0 radical (unpaired) electrons. The van der Waals surface area contributed by atoms with Crippen molar-refractivity contribution >= 4 is 0 Å². The molecule has 0 bridgehead atoms. The molecule has 1 N–H and O–H groups in total. The second kappa shape index (κ2) is 7.42. The Balaban J connectivity index is 1.92. The lowest BCUT2D eigenvalue weighted by atomic mass is 9.88. The Labute approximate surface area is 130 Å². The number of nitrogens with zero attached hydrogens (tertiary/aromatic N) is 1. The summed E-state index contributed by atoms with van der Waals surface area (Å²) in [6.45, 7) is 13.9. The maximum Gasteiger partial charge on any atom is 0.0198 e. The molecule has 1 heterocycles. The molecule has 2 atom stereocenters. The predicted octanol–water partition coefficient (Wildman–Crippen LogP) is 3.58. The summed E-state index contributed by atoms with van der Waals surface area (Å²) in [6, 6.07) is 11.6. The van der Waals surface area contributed by atoms with Crippen molar-refractivity contribution in [3.8, 4) is 0 Å². The Morgan fingerprint density at radius 1 is 1.14 bits per heavy atom. The summed E-state index contributed by atoms with van der Waals surface area (Å²) >= 11 is 0. The molecule has 0 spiro atoms. The fourth-order valence-electron chi connectivity index (χ4n) is 3.25. The van der Waals surface area contributed by atoms with Crippen LogP contribution in [0, 0.1) is 11.3 Å². The molecule has 1 aliphatic heterocycles. The van der Waals surface area contributed by atoms with Crippen molar-refractivity contribution in [2.24, 2.45) is 11.3 Å². The second-order valence-electron chi connectivity index (χ2n) is 7.78. The van der Waals surface area contributed by atoms with Crippen molar-refractivity contribution < 1.29 is 0 Å². The van der Waals surface area contributed by atoms with Crippen LogP contribution in [-0.2, 0) is 6.42 Å². The molecular weight excluding hydrogens is 256 g/mol. The predicted molar refractivity (Wildman–Crippen MR) is 91.6 cm³/mol. The molecule has 118 valence electrons. The molecule has 2 unspecified atom stereocenters. The van der Waals surface area contributed by atoms with E-state index in [1.807, 2.05) is 0 Å². The van der Waals surface area contributed by atoms with Crippen molar-refractivity contribution in [1.82, 2.24) is 10.2 Å². The van der Waals surface area contributed by atoms with Crippen molar-refractivity contribution in [3.63, 3.8) is 0 Å². The van der Waals surface area contributed by atoms with E-state index in [9.17, 15) is 0 Å². The maximum atomic E-state index is 3.80. The first kappa shape index (κ1) is 16.5. The van der Waals surface area contributed by atoms with Crippen molar-refractivity contribution in [3.05, 3.63) is 35.9 Å². The van der Waals surface area contributed by atoms with E-state index in [-0.39, 0.29) is 0 Å².